The number of aromatic nitrogens is 3. The largest absolute Gasteiger partial charge is 0.465 e. The van der Waals surface area contributed by atoms with Crippen LogP contribution in [0, 0.1) is 12.8 Å². The lowest BCUT2D eigenvalue weighted by molar-refractivity contribution is -0.133. The van der Waals surface area contributed by atoms with E-state index < -0.39 is 0 Å². The van der Waals surface area contributed by atoms with Gasteiger partial charge in [0.1, 0.15) is 24.2 Å². The second kappa shape index (κ2) is 6.63. The number of hydrogen-bond donors (Lipinski definition) is 0. The number of likely N-dealkylation sites (tertiary alicyclic amines) is 2. The van der Waals surface area contributed by atoms with Crippen molar-refractivity contribution in [3.63, 3.8) is 0 Å². The molecule has 4 heterocycles. The Hall–Kier alpha value is -2.15. The molecule has 2 aromatic rings. The average molecular weight is 343 g/mol. The molecule has 2 saturated heterocycles. The molecule has 0 unspecified atom stereocenters. The molecular weight excluding hydrogens is 318 g/mol. The summed E-state index contributed by atoms with van der Waals surface area (Å²) in [6.45, 7) is 7.26. The van der Waals surface area contributed by atoms with E-state index in [1.165, 1.54) is 0 Å². The number of nitrogens with zero attached hydrogens (tertiary/aromatic N) is 5. The summed E-state index contributed by atoms with van der Waals surface area (Å²) in [5.74, 6) is 2.67. The highest BCUT2D eigenvalue weighted by Crippen LogP contribution is 2.36. The Morgan fingerprint density at radius 2 is 2.28 bits per heavy atom. The molecule has 0 aliphatic carbocycles. The first kappa shape index (κ1) is 16.3. The van der Waals surface area contributed by atoms with E-state index in [1.807, 2.05) is 17.7 Å². The fourth-order valence-corrected chi connectivity index (χ4v) is 4.56. The van der Waals surface area contributed by atoms with Crippen LogP contribution < -0.4 is 0 Å². The third-order valence-corrected chi connectivity index (χ3v) is 5.51. The Labute approximate surface area is 147 Å². The Balaban J connectivity index is 1.44. The maximum Gasteiger partial charge on any atom is 0.220 e. The van der Waals surface area contributed by atoms with E-state index in [0.717, 1.165) is 50.5 Å². The molecule has 2 fully saturated rings. The Morgan fingerprint density at radius 1 is 1.40 bits per heavy atom. The SMILES string of the molecule is CC(=O)N1[C@@H](Cn2cncn2)C[C@H]2CN(Cc3ccc(C)o3)CC[C@H]21. The van der Waals surface area contributed by atoms with E-state index in [-0.39, 0.29) is 11.9 Å². The van der Waals surface area contributed by atoms with Crippen LogP contribution in [0.15, 0.2) is 29.2 Å². The second-order valence-corrected chi connectivity index (χ2v) is 7.30. The molecule has 1 amide bonds. The van der Waals surface area contributed by atoms with Crippen molar-refractivity contribution in [2.75, 3.05) is 13.1 Å². The van der Waals surface area contributed by atoms with E-state index in [9.17, 15) is 4.79 Å². The molecule has 7 heteroatoms. The van der Waals surface area contributed by atoms with Crippen molar-refractivity contribution in [3.05, 3.63) is 36.3 Å². The zero-order chi connectivity index (χ0) is 17.4. The lowest BCUT2D eigenvalue weighted by Gasteiger charge is -2.38. The number of aryl methyl sites for hydroxylation is 1. The monoisotopic (exact) mass is 343 g/mol. The van der Waals surface area contributed by atoms with E-state index in [2.05, 4.69) is 25.9 Å². The first-order chi connectivity index (χ1) is 12.1. The minimum atomic E-state index is 0.174. The van der Waals surface area contributed by atoms with Crippen molar-refractivity contribution in [2.45, 2.75) is 51.9 Å². The van der Waals surface area contributed by atoms with E-state index in [1.54, 1.807) is 19.6 Å². The zero-order valence-corrected chi connectivity index (χ0v) is 14.8. The number of amides is 1. The van der Waals surface area contributed by atoms with Crippen LogP contribution in [0.3, 0.4) is 0 Å². The van der Waals surface area contributed by atoms with Crippen molar-refractivity contribution in [2.24, 2.45) is 5.92 Å². The molecule has 0 bridgehead atoms. The Morgan fingerprint density at radius 3 is 2.96 bits per heavy atom. The predicted molar refractivity (Wildman–Crippen MR) is 91.6 cm³/mol. The number of hydrogen-bond acceptors (Lipinski definition) is 5. The maximum absolute atomic E-state index is 12.3. The van der Waals surface area contributed by atoms with E-state index in [0.29, 0.717) is 12.0 Å². The number of fused-ring (bicyclic) bond motifs is 1. The summed E-state index contributed by atoms with van der Waals surface area (Å²) >= 11 is 0. The quantitative estimate of drug-likeness (QED) is 0.845. The van der Waals surface area contributed by atoms with Gasteiger partial charge >= 0.3 is 0 Å². The van der Waals surface area contributed by atoms with Crippen LogP contribution in [0.5, 0.6) is 0 Å². The molecule has 0 spiro atoms. The van der Waals surface area contributed by atoms with Crippen LogP contribution in [-0.2, 0) is 17.9 Å². The fourth-order valence-electron chi connectivity index (χ4n) is 4.56. The first-order valence-corrected chi connectivity index (χ1v) is 8.99. The van der Waals surface area contributed by atoms with Gasteiger partial charge in [-0.25, -0.2) is 4.98 Å². The number of furan rings is 1. The Bertz CT molecular complexity index is 726. The van der Waals surface area contributed by atoms with Crippen LogP contribution in [-0.4, -0.2) is 55.6 Å². The summed E-state index contributed by atoms with van der Waals surface area (Å²) in [6.07, 6.45) is 5.33. The summed E-state index contributed by atoms with van der Waals surface area (Å²) in [7, 11) is 0. The van der Waals surface area contributed by atoms with Crippen molar-refractivity contribution in [1.29, 1.82) is 0 Å². The van der Waals surface area contributed by atoms with E-state index >= 15 is 0 Å². The van der Waals surface area contributed by atoms with Crippen molar-refractivity contribution < 1.29 is 9.21 Å². The lowest BCUT2D eigenvalue weighted by atomic mass is 9.92. The van der Waals surface area contributed by atoms with Gasteiger partial charge < -0.3 is 9.32 Å². The smallest absolute Gasteiger partial charge is 0.220 e. The van der Waals surface area contributed by atoms with Gasteiger partial charge in [-0.05, 0) is 37.8 Å². The molecule has 0 saturated carbocycles. The average Bonchev–Trinajstić information content (AvgIpc) is 3.27. The van der Waals surface area contributed by atoms with Gasteiger partial charge in [0.25, 0.3) is 0 Å². The van der Waals surface area contributed by atoms with Crippen LogP contribution in [0.1, 0.15) is 31.3 Å². The molecule has 0 N–H and O–H groups in total. The minimum Gasteiger partial charge on any atom is -0.465 e. The highest BCUT2D eigenvalue weighted by Gasteiger charge is 2.45. The molecule has 0 aromatic carbocycles. The molecule has 2 aliphatic heterocycles. The third kappa shape index (κ3) is 3.33. The van der Waals surface area contributed by atoms with Crippen molar-refractivity contribution in [1.82, 2.24) is 24.6 Å². The van der Waals surface area contributed by atoms with E-state index in [4.69, 9.17) is 4.42 Å². The summed E-state index contributed by atoms with van der Waals surface area (Å²) < 4.78 is 7.56. The van der Waals surface area contributed by atoms with Crippen molar-refractivity contribution >= 4 is 5.91 Å². The highest BCUT2D eigenvalue weighted by atomic mass is 16.3. The number of piperidine rings is 1. The maximum atomic E-state index is 12.3. The molecular formula is C18H25N5O2. The first-order valence-electron chi connectivity index (χ1n) is 8.99. The second-order valence-electron chi connectivity index (χ2n) is 7.30. The zero-order valence-electron chi connectivity index (χ0n) is 14.8. The number of carbonyl (C=O) groups is 1. The van der Waals surface area contributed by atoms with Crippen LogP contribution in [0.4, 0.5) is 0 Å². The number of carbonyl (C=O) groups excluding carboxylic acids is 1. The molecule has 25 heavy (non-hydrogen) atoms. The minimum absolute atomic E-state index is 0.174. The van der Waals surface area contributed by atoms with Crippen LogP contribution in [0.25, 0.3) is 0 Å². The molecule has 2 aliphatic rings. The molecule has 4 rings (SSSR count). The molecule has 0 radical (unpaired) electrons. The molecule has 2 aromatic heterocycles. The van der Waals surface area contributed by atoms with Gasteiger partial charge in [-0.3, -0.25) is 14.4 Å². The predicted octanol–water partition coefficient (Wildman–Crippen LogP) is 1.69. The summed E-state index contributed by atoms with van der Waals surface area (Å²) in [5, 5.41) is 4.21. The molecule has 7 nitrogen and oxygen atoms in total. The Kier molecular flexibility index (Phi) is 4.33. The normalized spacial score (nSPS) is 26.8. The summed E-state index contributed by atoms with van der Waals surface area (Å²) in [6, 6.07) is 4.63. The van der Waals surface area contributed by atoms with Gasteiger partial charge in [0.05, 0.1) is 19.1 Å². The summed E-state index contributed by atoms with van der Waals surface area (Å²) in [5.41, 5.74) is 0. The van der Waals surface area contributed by atoms with Gasteiger partial charge in [0.15, 0.2) is 0 Å². The van der Waals surface area contributed by atoms with Crippen LogP contribution in [0.2, 0.25) is 0 Å². The van der Waals surface area contributed by atoms with Gasteiger partial charge in [-0.15, -0.1) is 0 Å². The van der Waals surface area contributed by atoms with Crippen molar-refractivity contribution in [3.8, 4) is 0 Å². The topological polar surface area (TPSA) is 67.4 Å². The molecule has 3 atom stereocenters. The third-order valence-electron chi connectivity index (χ3n) is 5.51. The fraction of sp³-hybridized carbons (Fsp3) is 0.611. The lowest BCUT2D eigenvalue weighted by Crippen LogP contribution is -2.48. The van der Waals surface area contributed by atoms with Gasteiger partial charge in [-0.1, -0.05) is 0 Å². The van der Waals surface area contributed by atoms with Crippen LogP contribution >= 0.6 is 0 Å². The highest BCUT2D eigenvalue weighted by molar-refractivity contribution is 5.74. The summed E-state index contributed by atoms with van der Waals surface area (Å²) in [4.78, 5) is 20.8. The number of rotatable bonds is 4. The molecule has 134 valence electrons. The van der Waals surface area contributed by atoms with Gasteiger partial charge in [0, 0.05) is 26.1 Å². The van der Waals surface area contributed by atoms with Gasteiger partial charge in [-0.2, -0.15) is 5.10 Å². The van der Waals surface area contributed by atoms with Gasteiger partial charge in [0.2, 0.25) is 5.91 Å². The standard InChI is InChI=1S/C18H25N5O2/c1-13-3-4-17(25-13)10-21-6-5-18-15(8-21)7-16(23(18)14(2)24)9-22-12-19-11-20-22/h3-4,11-12,15-16,18H,5-10H2,1-2H3/t15-,16+,18+/m0/s1.